The van der Waals surface area contributed by atoms with Gasteiger partial charge in [-0.3, -0.25) is 0 Å². The third-order valence-electron chi connectivity index (χ3n) is 1.63. The van der Waals surface area contributed by atoms with Gasteiger partial charge < -0.3 is 4.90 Å². The average molecular weight is 159 g/mol. The minimum Gasteiger partial charge on any atom is -0.302 e. The van der Waals surface area contributed by atoms with E-state index < -0.39 is 0 Å². The molecule has 0 aromatic heterocycles. The normalized spacial score (nSPS) is 8.50. The van der Waals surface area contributed by atoms with Crippen LogP contribution < -0.4 is 4.90 Å². The number of hydrogen-bond acceptors (Lipinski definition) is 1. The van der Waals surface area contributed by atoms with Crippen LogP contribution in [0.15, 0.2) is 30.3 Å². The van der Waals surface area contributed by atoms with Crippen LogP contribution in [0.2, 0.25) is 0 Å². The predicted molar refractivity (Wildman–Crippen MR) is 52.9 cm³/mol. The molecular formula is C11H13N. The summed E-state index contributed by atoms with van der Waals surface area (Å²) in [6, 6.07) is 13.2. The van der Waals surface area contributed by atoms with Crippen molar-refractivity contribution < 1.29 is 0 Å². The maximum absolute atomic E-state index is 3.03. The van der Waals surface area contributed by atoms with Gasteiger partial charge in [-0.25, -0.2) is 0 Å². The van der Waals surface area contributed by atoms with Crippen molar-refractivity contribution in [1.29, 1.82) is 0 Å². The van der Waals surface area contributed by atoms with Crippen LogP contribution in [-0.2, 0) is 0 Å². The van der Waals surface area contributed by atoms with Gasteiger partial charge in [0.2, 0.25) is 0 Å². The predicted octanol–water partition coefficient (Wildman–Crippen LogP) is 2.49. The molecule has 1 heteroatoms. The number of benzene rings is 1. The second-order valence-electron chi connectivity index (χ2n) is 2.44. The zero-order valence-electron chi connectivity index (χ0n) is 7.54. The fraction of sp³-hybridized carbons (Fsp3) is 0.273. The van der Waals surface area contributed by atoms with Crippen LogP contribution in [0, 0.1) is 12.0 Å². The van der Waals surface area contributed by atoms with Crippen LogP contribution in [-0.4, -0.2) is 6.54 Å². The summed E-state index contributed by atoms with van der Waals surface area (Å²) in [5, 5.41) is 0. The third kappa shape index (κ3) is 2.03. The fourth-order valence-corrected chi connectivity index (χ4v) is 1.07. The molecule has 0 fully saturated rings. The number of rotatable bonds is 2. The minimum absolute atomic E-state index is 0.921. The van der Waals surface area contributed by atoms with E-state index in [4.69, 9.17) is 0 Å². The molecule has 0 saturated carbocycles. The van der Waals surface area contributed by atoms with Crippen molar-refractivity contribution in [2.45, 2.75) is 13.8 Å². The van der Waals surface area contributed by atoms with E-state index in [9.17, 15) is 0 Å². The van der Waals surface area contributed by atoms with Gasteiger partial charge in [0.1, 0.15) is 0 Å². The molecule has 1 rings (SSSR count). The fourth-order valence-electron chi connectivity index (χ4n) is 1.07. The van der Waals surface area contributed by atoms with E-state index in [1.165, 1.54) is 0 Å². The Hall–Kier alpha value is -1.42. The monoisotopic (exact) mass is 159 g/mol. The highest BCUT2D eigenvalue weighted by Gasteiger charge is 1.96. The van der Waals surface area contributed by atoms with Crippen LogP contribution in [0.25, 0.3) is 0 Å². The van der Waals surface area contributed by atoms with Gasteiger partial charge in [-0.05, 0) is 26.0 Å². The van der Waals surface area contributed by atoms with E-state index in [0.29, 0.717) is 0 Å². The summed E-state index contributed by atoms with van der Waals surface area (Å²) in [6.45, 7) is 4.87. The third-order valence-corrected chi connectivity index (χ3v) is 1.63. The van der Waals surface area contributed by atoms with Crippen molar-refractivity contribution in [3.05, 3.63) is 30.3 Å². The first-order chi connectivity index (χ1) is 5.88. The van der Waals surface area contributed by atoms with Crippen molar-refractivity contribution in [2.75, 3.05) is 11.4 Å². The number of anilines is 1. The van der Waals surface area contributed by atoms with E-state index in [1.54, 1.807) is 0 Å². The molecule has 12 heavy (non-hydrogen) atoms. The maximum atomic E-state index is 3.03. The van der Waals surface area contributed by atoms with Crippen LogP contribution in [0.1, 0.15) is 13.8 Å². The van der Waals surface area contributed by atoms with Crippen molar-refractivity contribution in [3.63, 3.8) is 0 Å². The van der Waals surface area contributed by atoms with Crippen molar-refractivity contribution in [3.8, 4) is 12.0 Å². The number of nitrogens with zero attached hydrogens (tertiary/aromatic N) is 1. The molecule has 0 N–H and O–H groups in total. The number of hydrogen-bond donors (Lipinski definition) is 0. The Morgan fingerprint density at radius 1 is 1.25 bits per heavy atom. The van der Waals surface area contributed by atoms with Crippen LogP contribution >= 0.6 is 0 Å². The molecule has 0 atom stereocenters. The molecule has 0 aliphatic carbocycles. The molecule has 0 aliphatic rings. The van der Waals surface area contributed by atoms with Crippen molar-refractivity contribution >= 4 is 5.69 Å². The van der Waals surface area contributed by atoms with Gasteiger partial charge in [-0.2, -0.15) is 0 Å². The number of para-hydroxylation sites is 1. The molecule has 1 aromatic rings. The molecule has 0 unspecified atom stereocenters. The van der Waals surface area contributed by atoms with E-state index >= 15 is 0 Å². The lowest BCUT2D eigenvalue weighted by molar-refractivity contribution is 1.04. The Bertz CT molecular complexity index is 279. The zero-order chi connectivity index (χ0) is 8.81. The summed E-state index contributed by atoms with van der Waals surface area (Å²) in [5.74, 6) is 2.89. The largest absolute Gasteiger partial charge is 0.302 e. The molecule has 1 aromatic carbocycles. The summed E-state index contributed by atoms with van der Waals surface area (Å²) in [5.41, 5.74) is 1.16. The van der Waals surface area contributed by atoms with Crippen molar-refractivity contribution in [1.82, 2.24) is 0 Å². The van der Waals surface area contributed by atoms with Crippen LogP contribution in [0.3, 0.4) is 0 Å². The van der Waals surface area contributed by atoms with Gasteiger partial charge in [0.05, 0.1) is 0 Å². The van der Waals surface area contributed by atoms with Gasteiger partial charge >= 0.3 is 0 Å². The lowest BCUT2D eigenvalue weighted by Crippen LogP contribution is -2.14. The molecule has 0 spiro atoms. The van der Waals surface area contributed by atoms with Gasteiger partial charge in [-0.1, -0.05) is 24.1 Å². The average Bonchev–Trinajstić information content (AvgIpc) is 2.15. The molecular weight excluding hydrogens is 146 g/mol. The molecule has 0 radical (unpaired) electrons. The Labute approximate surface area is 74.0 Å². The van der Waals surface area contributed by atoms with E-state index in [-0.39, 0.29) is 0 Å². The van der Waals surface area contributed by atoms with Crippen molar-refractivity contribution in [2.24, 2.45) is 0 Å². The van der Waals surface area contributed by atoms with Gasteiger partial charge in [-0.15, -0.1) is 0 Å². The second kappa shape index (κ2) is 4.46. The summed E-state index contributed by atoms with van der Waals surface area (Å²) in [4.78, 5) is 2.03. The minimum atomic E-state index is 0.921. The Morgan fingerprint density at radius 2 is 1.92 bits per heavy atom. The van der Waals surface area contributed by atoms with Gasteiger partial charge in [0.15, 0.2) is 0 Å². The standard InChI is InChI=1S/C11H13N/c1-3-10-12(4-2)11-8-6-5-7-9-11/h5-9H,4H2,1-2H3. The summed E-state index contributed by atoms with van der Waals surface area (Å²) >= 11 is 0. The van der Waals surface area contributed by atoms with E-state index in [1.807, 2.05) is 30.0 Å². The first-order valence-corrected chi connectivity index (χ1v) is 4.13. The first kappa shape index (κ1) is 8.67. The van der Waals surface area contributed by atoms with E-state index in [2.05, 4.69) is 31.0 Å². The first-order valence-electron chi connectivity index (χ1n) is 4.13. The quantitative estimate of drug-likeness (QED) is 0.473. The molecule has 0 heterocycles. The lowest BCUT2D eigenvalue weighted by Gasteiger charge is -2.14. The van der Waals surface area contributed by atoms with Crippen LogP contribution in [0.5, 0.6) is 0 Å². The lowest BCUT2D eigenvalue weighted by atomic mass is 10.3. The Balaban J connectivity index is 2.85. The highest BCUT2D eigenvalue weighted by molar-refractivity contribution is 5.51. The van der Waals surface area contributed by atoms with Gasteiger partial charge in [0.25, 0.3) is 0 Å². The Kier molecular flexibility index (Phi) is 3.22. The molecule has 62 valence electrons. The van der Waals surface area contributed by atoms with E-state index in [0.717, 1.165) is 12.2 Å². The highest BCUT2D eigenvalue weighted by Crippen LogP contribution is 2.10. The van der Waals surface area contributed by atoms with Gasteiger partial charge in [0, 0.05) is 18.3 Å². The zero-order valence-corrected chi connectivity index (χ0v) is 7.54. The molecule has 0 aliphatic heterocycles. The molecule has 0 bridgehead atoms. The molecule has 1 nitrogen and oxygen atoms in total. The topological polar surface area (TPSA) is 3.24 Å². The molecule has 0 saturated heterocycles. The Morgan fingerprint density at radius 3 is 2.42 bits per heavy atom. The smallest absolute Gasteiger partial charge is 0.0488 e. The molecule has 0 amide bonds. The maximum Gasteiger partial charge on any atom is 0.0488 e. The summed E-state index contributed by atoms with van der Waals surface area (Å²) < 4.78 is 0. The summed E-state index contributed by atoms with van der Waals surface area (Å²) in [7, 11) is 0. The highest BCUT2D eigenvalue weighted by atomic mass is 15.1. The second-order valence-corrected chi connectivity index (χ2v) is 2.44. The van der Waals surface area contributed by atoms with Crippen LogP contribution in [0.4, 0.5) is 5.69 Å². The summed E-state index contributed by atoms with van der Waals surface area (Å²) in [6.07, 6.45) is 0. The SMILES string of the molecule is CC#CN(CC)c1ccccc1.